The van der Waals surface area contributed by atoms with Crippen molar-refractivity contribution in [2.75, 3.05) is 4.90 Å². The zero-order chi connectivity index (χ0) is 25.4. The standard InChI is InChI=1S/C27H29N5O4/c1-14(2)12-19-25(35)32-20-11-7-5-9-17(20)27(36,26(32)30-19)13-21-23(33)28-15(3)22-29-18-10-6-4-8-16(18)24(34)31(21)22/h4-11,14-15,19,21,26,30,36H,12-13H2,1-3H3,(H,28,33)/t15-,19-,21+,26+,27+/m0/s1. The molecule has 2 amide bonds. The van der Waals surface area contributed by atoms with Crippen molar-refractivity contribution in [1.82, 2.24) is 20.2 Å². The van der Waals surface area contributed by atoms with Crippen LogP contribution in [0, 0.1) is 5.92 Å². The van der Waals surface area contributed by atoms with Crippen molar-refractivity contribution in [3.63, 3.8) is 0 Å². The number of carbonyl (C=O) groups excluding carboxylic acids is 2. The Morgan fingerprint density at radius 1 is 1.08 bits per heavy atom. The predicted molar refractivity (Wildman–Crippen MR) is 134 cm³/mol. The second kappa shape index (κ2) is 7.97. The summed E-state index contributed by atoms with van der Waals surface area (Å²) in [6.45, 7) is 5.88. The number of benzene rings is 2. The average Bonchev–Trinajstić information content (AvgIpc) is 3.29. The smallest absolute Gasteiger partial charge is 0.262 e. The molecule has 4 heterocycles. The molecule has 186 valence electrons. The first-order chi connectivity index (χ1) is 17.2. The summed E-state index contributed by atoms with van der Waals surface area (Å²) >= 11 is 0. The largest absolute Gasteiger partial charge is 0.381 e. The maximum atomic E-state index is 13.6. The molecule has 3 aliphatic heterocycles. The number of amides is 2. The third-order valence-electron chi connectivity index (χ3n) is 7.64. The molecule has 0 unspecified atom stereocenters. The molecule has 5 atom stereocenters. The van der Waals surface area contributed by atoms with Gasteiger partial charge in [0.15, 0.2) is 0 Å². The van der Waals surface area contributed by atoms with Gasteiger partial charge in [0.25, 0.3) is 5.56 Å². The van der Waals surface area contributed by atoms with Crippen LogP contribution < -0.4 is 21.1 Å². The van der Waals surface area contributed by atoms with Gasteiger partial charge in [-0.3, -0.25) is 29.2 Å². The fraction of sp³-hybridized carbons (Fsp3) is 0.407. The Labute approximate surface area is 208 Å². The fourth-order valence-electron chi connectivity index (χ4n) is 6.04. The van der Waals surface area contributed by atoms with Crippen molar-refractivity contribution in [1.29, 1.82) is 0 Å². The van der Waals surface area contributed by atoms with E-state index < -0.39 is 29.9 Å². The highest BCUT2D eigenvalue weighted by Crippen LogP contribution is 2.49. The molecule has 2 aromatic carbocycles. The number of nitrogens with zero attached hydrogens (tertiary/aromatic N) is 3. The molecule has 0 bridgehead atoms. The fourth-order valence-corrected chi connectivity index (χ4v) is 6.04. The Balaban J connectivity index is 1.48. The van der Waals surface area contributed by atoms with E-state index >= 15 is 0 Å². The molecule has 0 saturated carbocycles. The lowest BCUT2D eigenvalue weighted by molar-refractivity contribution is -0.129. The van der Waals surface area contributed by atoms with Crippen molar-refractivity contribution in [3.8, 4) is 0 Å². The second-order valence-electron chi connectivity index (χ2n) is 10.5. The molecule has 6 rings (SSSR count). The average molecular weight is 488 g/mol. The molecule has 0 aliphatic carbocycles. The first-order valence-corrected chi connectivity index (χ1v) is 12.4. The van der Waals surface area contributed by atoms with E-state index in [4.69, 9.17) is 4.98 Å². The number of rotatable bonds is 4. The van der Waals surface area contributed by atoms with Gasteiger partial charge in [-0.2, -0.15) is 0 Å². The molecule has 9 heteroatoms. The van der Waals surface area contributed by atoms with E-state index in [1.165, 1.54) is 4.57 Å². The molecule has 0 spiro atoms. The van der Waals surface area contributed by atoms with E-state index in [1.54, 1.807) is 42.2 Å². The van der Waals surface area contributed by atoms with Crippen LogP contribution in [0.15, 0.2) is 53.3 Å². The molecular formula is C27H29N5O4. The van der Waals surface area contributed by atoms with Crippen molar-refractivity contribution < 1.29 is 14.7 Å². The van der Waals surface area contributed by atoms with Crippen LogP contribution in [0.1, 0.15) is 57.1 Å². The van der Waals surface area contributed by atoms with Gasteiger partial charge in [0.05, 0.1) is 28.7 Å². The Hall–Kier alpha value is -3.56. The lowest BCUT2D eigenvalue weighted by atomic mass is 9.85. The quantitative estimate of drug-likeness (QED) is 0.519. The second-order valence-corrected chi connectivity index (χ2v) is 10.5. The zero-order valence-corrected chi connectivity index (χ0v) is 20.4. The first kappa shape index (κ1) is 22.9. The lowest BCUT2D eigenvalue weighted by Crippen LogP contribution is -2.54. The van der Waals surface area contributed by atoms with Gasteiger partial charge in [-0.25, -0.2) is 4.98 Å². The van der Waals surface area contributed by atoms with Crippen molar-refractivity contribution in [2.45, 2.75) is 63.5 Å². The van der Waals surface area contributed by atoms with Crippen LogP contribution in [-0.2, 0) is 15.2 Å². The molecular weight excluding hydrogens is 458 g/mol. The minimum atomic E-state index is -1.59. The van der Waals surface area contributed by atoms with Gasteiger partial charge in [-0.15, -0.1) is 0 Å². The summed E-state index contributed by atoms with van der Waals surface area (Å²) in [6, 6.07) is 12.4. The molecule has 0 radical (unpaired) electrons. The van der Waals surface area contributed by atoms with E-state index in [1.807, 2.05) is 32.0 Å². The van der Waals surface area contributed by atoms with Gasteiger partial charge in [0, 0.05) is 12.0 Å². The van der Waals surface area contributed by atoms with Gasteiger partial charge in [-0.1, -0.05) is 44.2 Å². The minimum Gasteiger partial charge on any atom is -0.381 e. The number of carbonyl (C=O) groups is 2. The topological polar surface area (TPSA) is 117 Å². The molecule has 3 N–H and O–H groups in total. The number of para-hydroxylation sites is 2. The number of aromatic nitrogens is 2. The Kier molecular flexibility index (Phi) is 5.07. The molecule has 1 aromatic heterocycles. The van der Waals surface area contributed by atoms with Crippen LogP contribution >= 0.6 is 0 Å². The van der Waals surface area contributed by atoms with Crippen LogP contribution in [0.2, 0.25) is 0 Å². The number of fused-ring (bicyclic) bond motifs is 5. The SMILES string of the molecule is CC(C)C[C@@H]1N[C@@H]2N(C1=O)c1ccccc1[C@]2(O)C[C@@H]1C(=O)N[C@@H](C)c2nc3ccccc3c(=O)n21. The summed E-state index contributed by atoms with van der Waals surface area (Å²) in [5.74, 6) is 0.277. The summed E-state index contributed by atoms with van der Waals surface area (Å²) in [4.78, 5) is 46.7. The Morgan fingerprint density at radius 2 is 1.81 bits per heavy atom. The molecule has 9 nitrogen and oxygen atoms in total. The number of hydrogen-bond acceptors (Lipinski definition) is 6. The molecule has 3 aromatic rings. The predicted octanol–water partition coefficient (Wildman–Crippen LogP) is 2.10. The van der Waals surface area contributed by atoms with Crippen molar-refractivity contribution >= 4 is 28.4 Å². The maximum absolute atomic E-state index is 13.6. The summed E-state index contributed by atoms with van der Waals surface area (Å²) in [5.41, 5.74) is -0.160. The zero-order valence-electron chi connectivity index (χ0n) is 20.4. The number of nitrogens with one attached hydrogen (secondary N) is 2. The highest BCUT2D eigenvalue weighted by molar-refractivity contribution is 6.02. The summed E-state index contributed by atoms with van der Waals surface area (Å²) in [5, 5.41) is 19.0. The van der Waals surface area contributed by atoms with Crippen LogP contribution in [0.5, 0.6) is 0 Å². The highest BCUT2D eigenvalue weighted by atomic mass is 16.3. The van der Waals surface area contributed by atoms with E-state index in [-0.39, 0.29) is 29.7 Å². The first-order valence-electron chi connectivity index (χ1n) is 12.4. The summed E-state index contributed by atoms with van der Waals surface area (Å²) < 4.78 is 1.43. The highest BCUT2D eigenvalue weighted by Gasteiger charge is 2.59. The van der Waals surface area contributed by atoms with Gasteiger partial charge < -0.3 is 10.4 Å². The van der Waals surface area contributed by atoms with E-state index in [0.29, 0.717) is 34.4 Å². The van der Waals surface area contributed by atoms with Crippen LogP contribution in [0.3, 0.4) is 0 Å². The summed E-state index contributed by atoms with van der Waals surface area (Å²) in [6.07, 6.45) is -0.208. The van der Waals surface area contributed by atoms with Gasteiger partial charge in [-0.05, 0) is 37.5 Å². The van der Waals surface area contributed by atoms with Crippen LogP contribution in [0.4, 0.5) is 5.69 Å². The third kappa shape index (κ3) is 3.16. The van der Waals surface area contributed by atoms with E-state index in [2.05, 4.69) is 10.6 Å². The lowest BCUT2D eigenvalue weighted by Gasteiger charge is -2.37. The number of hydrogen-bond donors (Lipinski definition) is 3. The Bertz CT molecular complexity index is 1470. The maximum Gasteiger partial charge on any atom is 0.262 e. The number of anilines is 1. The third-order valence-corrected chi connectivity index (χ3v) is 7.64. The van der Waals surface area contributed by atoms with Gasteiger partial charge >= 0.3 is 0 Å². The Morgan fingerprint density at radius 3 is 2.58 bits per heavy atom. The molecule has 36 heavy (non-hydrogen) atoms. The van der Waals surface area contributed by atoms with Crippen molar-refractivity contribution in [3.05, 3.63) is 70.3 Å². The molecule has 3 aliphatic rings. The van der Waals surface area contributed by atoms with E-state index in [9.17, 15) is 19.5 Å². The van der Waals surface area contributed by atoms with Crippen LogP contribution in [-0.4, -0.2) is 38.7 Å². The minimum absolute atomic E-state index is 0.0919. The van der Waals surface area contributed by atoms with E-state index in [0.717, 1.165) is 0 Å². The van der Waals surface area contributed by atoms with Crippen molar-refractivity contribution in [2.24, 2.45) is 5.92 Å². The molecule has 1 saturated heterocycles. The number of aliphatic hydroxyl groups is 1. The van der Waals surface area contributed by atoms with Gasteiger partial charge in [0.1, 0.15) is 23.6 Å². The monoisotopic (exact) mass is 487 g/mol. The van der Waals surface area contributed by atoms with Gasteiger partial charge in [0.2, 0.25) is 11.8 Å². The van der Waals surface area contributed by atoms with Crippen LogP contribution in [0.25, 0.3) is 10.9 Å². The normalized spacial score (nSPS) is 28.9. The summed E-state index contributed by atoms with van der Waals surface area (Å²) in [7, 11) is 0. The molecule has 1 fully saturated rings.